The largest absolute Gasteiger partial charge is 0.474 e. The van der Waals surface area contributed by atoms with Crippen LogP contribution in [0.25, 0.3) is 10.9 Å². The standard InChI is InChI=1S/C17H11FN4O2/c18-12-3-5-15(20-9-12)16(17-22-21-10-23-17)24-13-4-6-14-11(8-13)2-1-7-19-14/h1-10,16H/t16-/m1/s1. The van der Waals surface area contributed by atoms with E-state index in [0.29, 0.717) is 11.4 Å². The van der Waals surface area contributed by atoms with Gasteiger partial charge in [0.1, 0.15) is 11.6 Å². The summed E-state index contributed by atoms with van der Waals surface area (Å²) < 4.78 is 24.4. The van der Waals surface area contributed by atoms with E-state index in [4.69, 9.17) is 9.15 Å². The maximum atomic E-state index is 13.1. The maximum Gasteiger partial charge on any atom is 0.263 e. The lowest BCUT2D eigenvalue weighted by Gasteiger charge is -2.15. The summed E-state index contributed by atoms with van der Waals surface area (Å²) in [6.07, 6.45) is 3.32. The van der Waals surface area contributed by atoms with Crippen LogP contribution in [0.2, 0.25) is 0 Å². The average molecular weight is 322 g/mol. The fourth-order valence-corrected chi connectivity index (χ4v) is 2.34. The molecule has 4 aromatic rings. The Morgan fingerprint density at radius 3 is 2.83 bits per heavy atom. The number of aromatic nitrogens is 4. The van der Waals surface area contributed by atoms with E-state index in [1.54, 1.807) is 12.3 Å². The molecule has 0 saturated carbocycles. The van der Waals surface area contributed by atoms with Crippen molar-refractivity contribution in [3.05, 3.63) is 78.7 Å². The molecule has 7 heteroatoms. The van der Waals surface area contributed by atoms with Gasteiger partial charge < -0.3 is 9.15 Å². The van der Waals surface area contributed by atoms with Gasteiger partial charge in [0.2, 0.25) is 12.5 Å². The van der Waals surface area contributed by atoms with Crippen molar-refractivity contribution in [1.82, 2.24) is 20.2 Å². The second kappa shape index (κ2) is 6.04. The molecule has 0 bridgehead atoms. The Balaban J connectivity index is 1.71. The minimum absolute atomic E-state index is 0.236. The quantitative estimate of drug-likeness (QED) is 0.574. The number of benzene rings is 1. The summed E-state index contributed by atoms with van der Waals surface area (Å²) in [6.45, 7) is 0. The summed E-state index contributed by atoms with van der Waals surface area (Å²) in [7, 11) is 0. The molecule has 1 atom stereocenters. The third-order valence-corrected chi connectivity index (χ3v) is 3.45. The smallest absolute Gasteiger partial charge is 0.263 e. The lowest BCUT2D eigenvalue weighted by Crippen LogP contribution is -2.12. The van der Waals surface area contributed by atoms with Crippen molar-refractivity contribution in [3.63, 3.8) is 0 Å². The third kappa shape index (κ3) is 2.79. The Morgan fingerprint density at radius 2 is 2.04 bits per heavy atom. The Hall–Kier alpha value is -3.35. The van der Waals surface area contributed by atoms with Gasteiger partial charge in [0, 0.05) is 11.6 Å². The van der Waals surface area contributed by atoms with Crippen LogP contribution in [0.3, 0.4) is 0 Å². The van der Waals surface area contributed by atoms with Crippen LogP contribution in [0.4, 0.5) is 4.39 Å². The molecule has 6 nitrogen and oxygen atoms in total. The molecule has 0 radical (unpaired) electrons. The number of hydrogen-bond donors (Lipinski definition) is 0. The molecule has 3 aromatic heterocycles. The molecule has 0 spiro atoms. The number of ether oxygens (including phenoxy) is 1. The third-order valence-electron chi connectivity index (χ3n) is 3.45. The summed E-state index contributed by atoms with van der Waals surface area (Å²) in [5.74, 6) is 0.394. The first-order chi connectivity index (χ1) is 11.8. The fraction of sp³-hybridized carbons (Fsp3) is 0.0588. The molecule has 0 fully saturated rings. The van der Waals surface area contributed by atoms with Crippen LogP contribution in [-0.2, 0) is 0 Å². The van der Waals surface area contributed by atoms with Crippen molar-refractivity contribution in [3.8, 4) is 5.75 Å². The van der Waals surface area contributed by atoms with Gasteiger partial charge in [-0.25, -0.2) is 4.39 Å². The van der Waals surface area contributed by atoms with Crippen molar-refractivity contribution in [1.29, 1.82) is 0 Å². The highest BCUT2D eigenvalue weighted by molar-refractivity contribution is 5.79. The molecule has 0 unspecified atom stereocenters. The molecule has 0 saturated heterocycles. The second-order valence-corrected chi connectivity index (χ2v) is 5.03. The Kier molecular flexibility index (Phi) is 3.59. The zero-order valence-electron chi connectivity index (χ0n) is 12.3. The number of pyridine rings is 2. The predicted octanol–water partition coefficient (Wildman–Crippen LogP) is 3.32. The highest BCUT2D eigenvalue weighted by Crippen LogP contribution is 2.28. The first kappa shape index (κ1) is 14.3. The Bertz CT molecular complexity index is 958. The molecule has 0 aliphatic heterocycles. The van der Waals surface area contributed by atoms with Crippen molar-refractivity contribution in [2.75, 3.05) is 0 Å². The molecule has 0 aliphatic carbocycles. The second-order valence-electron chi connectivity index (χ2n) is 5.03. The Labute approximate surface area is 136 Å². The monoisotopic (exact) mass is 322 g/mol. The van der Waals surface area contributed by atoms with Crippen molar-refractivity contribution in [2.45, 2.75) is 6.10 Å². The van der Waals surface area contributed by atoms with E-state index in [-0.39, 0.29) is 5.89 Å². The molecule has 4 rings (SSSR count). The minimum Gasteiger partial charge on any atom is -0.474 e. The number of nitrogens with zero attached hydrogens (tertiary/aromatic N) is 4. The van der Waals surface area contributed by atoms with E-state index in [1.165, 1.54) is 18.5 Å². The van der Waals surface area contributed by atoms with Crippen molar-refractivity contribution in [2.24, 2.45) is 0 Å². The Morgan fingerprint density at radius 1 is 1.08 bits per heavy atom. The summed E-state index contributed by atoms with van der Waals surface area (Å²) in [6, 6.07) is 12.1. The van der Waals surface area contributed by atoms with Crippen molar-refractivity contribution >= 4 is 10.9 Å². The van der Waals surface area contributed by atoms with E-state index in [0.717, 1.165) is 17.1 Å². The molecule has 3 heterocycles. The van der Waals surface area contributed by atoms with Crippen LogP contribution in [0.15, 0.2) is 65.7 Å². The van der Waals surface area contributed by atoms with Crippen LogP contribution in [-0.4, -0.2) is 20.2 Å². The summed E-state index contributed by atoms with van der Waals surface area (Å²) in [5.41, 5.74) is 1.33. The van der Waals surface area contributed by atoms with Gasteiger partial charge in [-0.3, -0.25) is 9.97 Å². The topological polar surface area (TPSA) is 73.9 Å². The minimum atomic E-state index is -0.734. The highest BCUT2D eigenvalue weighted by Gasteiger charge is 2.23. The number of hydrogen-bond acceptors (Lipinski definition) is 6. The molecule has 0 aliphatic rings. The van der Waals surface area contributed by atoms with Gasteiger partial charge in [-0.2, -0.15) is 0 Å². The summed E-state index contributed by atoms with van der Waals surface area (Å²) >= 11 is 0. The van der Waals surface area contributed by atoms with Gasteiger partial charge in [-0.1, -0.05) is 6.07 Å². The number of halogens is 1. The summed E-state index contributed by atoms with van der Waals surface area (Å²) in [5, 5.41) is 8.49. The maximum absolute atomic E-state index is 13.1. The normalized spacial score (nSPS) is 12.2. The van der Waals surface area contributed by atoms with Gasteiger partial charge in [0.05, 0.1) is 17.4 Å². The molecule has 118 valence electrons. The summed E-state index contributed by atoms with van der Waals surface area (Å²) in [4.78, 5) is 8.32. The van der Waals surface area contributed by atoms with E-state index in [2.05, 4.69) is 20.2 Å². The lowest BCUT2D eigenvalue weighted by atomic mass is 10.2. The van der Waals surface area contributed by atoms with Gasteiger partial charge in [0.25, 0.3) is 5.89 Å². The van der Waals surface area contributed by atoms with Crippen LogP contribution in [0.5, 0.6) is 5.75 Å². The molecular weight excluding hydrogens is 311 g/mol. The van der Waals surface area contributed by atoms with Crippen LogP contribution in [0, 0.1) is 5.82 Å². The zero-order valence-corrected chi connectivity index (χ0v) is 12.3. The number of rotatable bonds is 4. The van der Waals surface area contributed by atoms with E-state index in [9.17, 15) is 4.39 Å². The molecule has 0 amide bonds. The SMILES string of the molecule is Fc1ccc([C@@H](Oc2ccc3ncccc3c2)c2nnco2)nc1. The predicted molar refractivity (Wildman–Crippen MR) is 82.7 cm³/mol. The van der Waals surface area contributed by atoms with Gasteiger partial charge in [0.15, 0.2) is 0 Å². The van der Waals surface area contributed by atoms with Gasteiger partial charge in [-0.05, 0) is 36.4 Å². The molecule has 0 N–H and O–H groups in total. The van der Waals surface area contributed by atoms with Crippen molar-refractivity contribution < 1.29 is 13.5 Å². The number of fused-ring (bicyclic) bond motifs is 1. The van der Waals surface area contributed by atoms with Gasteiger partial charge >= 0.3 is 0 Å². The lowest BCUT2D eigenvalue weighted by molar-refractivity contribution is 0.203. The van der Waals surface area contributed by atoms with Crippen LogP contribution < -0.4 is 4.74 Å². The first-order valence-corrected chi connectivity index (χ1v) is 7.18. The highest BCUT2D eigenvalue weighted by atomic mass is 19.1. The van der Waals surface area contributed by atoms with Crippen LogP contribution >= 0.6 is 0 Å². The zero-order chi connectivity index (χ0) is 16.4. The van der Waals surface area contributed by atoms with E-state index >= 15 is 0 Å². The van der Waals surface area contributed by atoms with Crippen LogP contribution in [0.1, 0.15) is 17.7 Å². The molecular formula is C17H11FN4O2. The first-order valence-electron chi connectivity index (χ1n) is 7.18. The van der Waals surface area contributed by atoms with E-state index < -0.39 is 11.9 Å². The van der Waals surface area contributed by atoms with Gasteiger partial charge in [-0.15, -0.1) is 10.2 Å². The average Bonchev–Trinajstić information content (AvgIpc) is 3.15. The molecule has 1 aromatic carbocycles. The van der Waals surface area contributed by atoms with E-state index in [1.807, 2.05) is 24.3 Å². The molecule has 24 heavy (non-hydrogen) atoms. The fourth-order valence-electron chi connectivity index (χ4n) is 2.34.